The van der Waals surface area contributed by atoms with Crippen LogP contribution in [0.1, 0.15) is 19.4 Å². The number of aliphatic carboxylic acids is 1. The molecule has 0 heterocycles. The van der Waals surface area contributed by atoms with Gasteiger partial charge in [0.15, 0.2) is 0 Å². The second kappa shape index (κ2) is 5.49. The zero-order chi connectivity index (χ0) is 12.1. The van der Waals surface area contributed by atoms with Crippen LogP contribution < -0.4 is 5.32 Å². The molecule has 0 atom stereocenters. The number of benzene rings is 1. The van der Waals surface area contributed by atoms with Crippen LogP contribution in [0.25, 0.3) is 0 Å². The molecule has 1 rings (SSSR count). The molecule has 1 aromatic carbocycles. The Morgan fingerprint density at radius 1 is 1.50 bits per heavy atom. The van der Waals surface area contributed by atoms with E-state index in [-0.39, 0.29) is 6.42 Å². The van der Waals surface area contributed by atoms with Crippen LogP contribution in [-0.4, -0.2) is 17.6 Å². The lowest BCUT2D eigenvalue weighted by molar-refractivity contribution is -0.136. The minimum atomic E-state index is -0.960. The quantitative estimate of drug-likeness (QED) is 0.809. The first-order valence-electron chi connectivity index (χ1n) is 5.23. The summed E-state index contributed by atoms with van der Waals surface area (Å²) < 4.78 is 13.0. The van der Waals surface area contributed by atoms with Gasteiger partial charge in [-0.05, 0) is 29.7 Å². The lowest BCUT2D eigenvalue weighted by Crippen LogP contribution is -2.11. The van der Waals surface area contributed by atoms with Gasteiger partial charge in [0.25, 0.3) is 0 Å². The summed E-state index contributed by atoms with van der Waals surface area (Å²) in [6.07, 6.45) is -0.168. The van der Waals surface area contributed by atoms with Crippen molar-refractivity contribution in [1.29, 1.82) is 0 Å². The van der Waals surface area contributed by atoms with Gasteiger partial charge in [-0.25, -0.2) is 4.39 Å². The van der Waals surface area contributed by atoms with Crippen molar-refractivity contribution in [3.05, 3.63) is 29.6 Å². The molecule has 0 bridgehead atoms. The Bertz CT molecular complexity index is 377. The average molecular weight is 225 g/mol. The third-order valence-electron chi connectivity index (χ3n) is 2.11. The van der Waals surface area contributed by atoms with Crippen LogP contribution in [0.15, 0.2) is 18.2 Å². The number of rotatable bonds is 5. The van der Waals surface area contributed by atoms with Crippen LogP contribution in [0.2, 0.25) is 0 Å². The SMILES string of the molecule is CC(C)CNc1ccc(F)cc1CC(=O)O. The van der Waals surface area contributed by atoms with Crippen LogP contribution in [0.5, 0.6) is 0 Å². The van der Waals surface area contributed by atoms with Crippen molar-refractivity contribution in [2.45, 2.75) is 20.3 Å². The summed E-state index contributed by atoms with van der Waals surface area (Å²) in [6.45, 7) is 4.83. The largest absolute Gasteiger partial charge is 0.481 e. The number of carboxylic acid groups (broad SMARTS) is 1. The normalized spacial score (nSPS) is 10.5. The fourth-order valence-corrected chi connectivity index (χ4v) is 1.36. The van der Waals surface area contributed by atoms with Gasteiger partial charge < -0.3 is 10.4 Å². The molecule has 0 saturated heterocycles. The third kappa shape index (κ3) is 3.88. The van der Waals surface area contributed by atoms with Crippen molar-refractivity contribution in [2.24, 2.45) is 5.92 Å². The minimum absolute atomic E-state index is 0.168. The van der Waals surface area contributed by atoms with E-state index in [1.54, 1.807) is 6.07 Å². The van der Waals surface area contributed by atoms with E-state index in [0.717, 1.165) is 6.54 Å². The highest BCUT2D eigenvalue weighted by Crippen LogP contribution is 2.18. The smallest absolute Gasteiger partial charge is 0.307 e. The molecule has 0 aliphatic rings. The zero-order valence-electron chi connectivity index (χ0n) is 9.46. The molecule has 88 valence electrons. The summed E-state index contributed by atoms with van der Waals surface area (Å²) in [7, 11) is 0. The van der Waals surface area contributed by atoms with Crippen molar-refractivity contribution in [2.75, 3.05) is 11.9 Å². The fourth-order valence-electron chi connectivity index (χ4n) is 1.36. The molecule has 0 spiro atoms. The number of nitrogens with one attached hydrogen (secondary N) is 1. The monoisotopic (exact) mass is 225 g/mol. The Kier molecular flexibility index (Phi) is 4.28. The maximum atomic E-state index is 13.0. The topological polar surface area (TPSA) is 49.3 Å². The summed E-state index contributed by atoms with van der Waals surface area (Å²) in [4.78, 5) is 10.6. The van der Waals surface area contributed by atoms with E-state index >= 15 is 0 Å². The molecule has 0 fully saturated rings. The lowest BCUT2D eigenvalue weighted by atomic mass is 10.1. The summed E-state index contributed by atoms with van der Waals surface area (Å²) in [5.74, 6) is -0.924. The molecule has 4 heteroatoms. The number of carboxylic acids is 1. The standard InChI is InChI=1S/C12H16FNO2/c1-8(2)7-14-11-4-3-10(13)5-9(11)6-12(15)16/h3-5,8,14H,6-7H2,1-2H3,(H,15,16). The predicted octanol–water partition coefficient (Wildman–Crippen LogP) is 2.52. The highest BCUT2D eigenvalue weighted by Gasteiger charge is 2.08. The lowest BCUT2D eigenvalue weighted by Gasteiger charge is -2.12. The van der Waals surface area contributed by atoms with Crippen LogP contribution in [-0.2, 0) is 11.2 Å². The van der Waals surface area contributed by atoms with Crippen LogP contribution in [0.4, 0.5) is 10.1 Å². The molecule has 1 aromatic rings. The summed E-state index contributed by atoms with van der Waals surface area (Å²) in [5.41, 5.74) is 1.17. The molecule has 0 amide bonds. The van der Waals surface area contributed by atoms with Crippen LogP contribution in [0.3, 0.4) is 0 Å². The second-order valence-corrected chi connectivity index (χ2v) is 4.15. The Labute approximate surface area is 94.3 Å². The molecule has 0 radical (unpaired) electrons. The van der Waals surface area contributed by atoms with Gasteiger partial charge >= 0.3 is 5.97 Å². The molecule has 0 unspecified atom stereocenters. The number of halogens is 1. The van der Waals surface area contributed by atoms with Gasteiger partial charge in [-0.3, -0.25) is 4.79 Å². The zero-order valence-corrected chi connectivity index (χ0v) is 9.46. The molecular weight excluding hydrogens is 209 g/mol. The number of hydrogen-bond acceptors (Lipinski definition) is 2. The van der Waals surface area contributed by atoms with Crippen molar-refractivity contribution < 1.29 is 14.3 Å². The van der Waals surface area contributed by atoms with E-state index in [1.807, 2.05) is 13.8 Å². The van der Waals surface area contributed by atoms with Gasteiger partial charge in [0.1, 0.15) is 5.82 Å². The maximum Gasteiger partial charge on any atom is 0.307 e. The van der Waals surface area contributed by atoms with Crippen molar-refractivity contribution in [3.63, 3.8) is 0 Å². The van der Waals surface area contributed by atoms with E-state index in [2.05, 4.69) is 5.32 Å². The molecule has 0 saturated carbocycles. The number of anilines is 1. The van der Waals surface area contributed by atoms with E-state index in [1.165, 1.54) is 12.1 Å². The first-order valence-corrected chi connectivity index (χ1v) is 5.23. The Balaban J connectivity index is 2.84. The van der Waals surface area contributed by atoms with Crippen LogP contribution in [0, 0.1) is 11.7 Å². The first kappa shape index (κ1) is 12.5. The Morgan fingerprint density at radius 3 is 2.75 bits per heavy atom. The average Bonchev–Trinajstić information content (AvgIpc) is 2.15. The van der Waals surface area contributed by atoms with Gasteiger partial charge in [0, 0.05) is 12.2 Å². The minimum Gasteiger partial charge on any atom is -0.481 e. The van der Waals surface area contributed by atoms with Crippen molar-refractivity contribution in [3.8, 4) is 0 Å². The molecule has 0 aromatic heterocycles. The van der Waals surface area contributed by atoms with Gasteiger partial charge in [-0.15, -0.1) is 0 Å². The molecule has 3 nitrogen and oxygen atoms in total. The third-order valence-corrected chi connectivity index (χ3v) is 2.11. The number of carbonyl (C=O) groups is 1. The first-order chi connectivity index (χ1) is 7.49. The molecule has 0 aliphatic heterocycles. The van der Waals surface area contributed by atoms with Crippen LogP contribution >= 0.6 is 0 Å². The molecule has 16 heavy (non-hydrogen) atoms. The molecule has 2 N–H and O–H groups in total. The van der Waals surface area contributed by atoms with Gasteiger partial charge in [0.05, 0.1) is 6.42 Å². The molecular formula is C12H16FNO2. The predicted molar refractivity (Wildman–Crippen MR) is 61.1 cm³/mol. The summed E-state index contributed by atoms with van der Waals surface area (Å²) in [5, 5.41) is 11.8. The van der Waals surface area contributed by atoms with E-state index < -0.39 is 11.8 Å². The summed E-state index contributed by atoms with van der Waals surface area (Å²) >= 11 is 0. The van der Waals surface area contributed by atoms with Crippen molar-refractivity contribution in [1.82, 2.24) is 0 Å². The highest BCUT2D eigenvalue weighted by molar-refractivity contribution is 5.73. The number of hydrogen-bond donors (Lipinski definition) is 2. The summed E-state index contributed by atoms with van der Waals surface area (Å²) in [6, 6.07) is 4.17. The molecule has 0 aliphatic carbocycles. The maximum absolute atomic E-state index is 13.0. The van der Waals surface area contributed by atoms with E-state index in [4.69, 9.17) is 5.11 Å². The second-order valence-electron chi connectivity index (χ2n) is 4.15. The Morgan fingerprint density at radius 2 is 2.19 bits per heavy atom. The Hall–Kier alpha value is -1.58. The highest BCUT2D eigenvalue weighted by atomic mass is 19.1. The van der Waals surface area contributed by atoms with E-state index in [0.29, 0.717) is 17.2 Å². The van der Waals surface area contributed by atoms with E-state index in [9.17, 15) is 9.18 Å². The van der Waals surface area contributed by atoms with Gasteiger partial charge in [-0.1, -0.05) is 13.8 Å². The van der Waals surface area contributed by atoms with Crippen molar-refractivity contribution >= 4 is 11.7 Å². The fraction of sp³-hybridized carbons (Fsp3) is 0.417. The van der Waals surface area contributed by atoms with Gasteiger partial charge in [0.2, 0.25) is 0 Å². The van der Waals surface area contributed by atoms with Gasteiger partial charge in [-0.2, -0.15) is 0 Å².